The summed E-state index contributed by atoms with van der Waals surface area (Å²) in [5.74, 6) is 0. The molecule has 0 rings (SSSR count). The highest BCUT2D eigenvalue weighted by Gasteiger charge is 2.22. The maximum atomic E-state index is 10.6. The Balaban J connectivity index is 4.44. The van der Waals surface area contributed by atoms with Crippen molar-refractivity contribution in [2.75, 3.05) is 0 Å². The molecule has 2 unspecified atom stereocenters. The first-order chi connectivity index (χ1) is 5.43. The molecule has 0 saturated heterocycles. The molecule has 0 aliphatic rings. The standard InChI is InChI=1S/C7H16O4S/c1-3-5-7(6(8)4-2)12(9,10)11/h6-8H,3-5H2,1-2H3,(H,9,10,11)/p-1. The van der Waals surface area contributed by atoms with E-state index in [1.807, 2.05) is 0 Å². The molecule has 0 aromatic heterocycles. The van der Waals surface area contributed by atoms with Crippen LogP contribution in [0.15, 0.2) is 0 Å². The zero-order valence-electron chi connectivity index (χ0n) is 7.36. The van der Waals surface area contributed by atoms with Crippen LogP contribution in [0.3, 0.4) is 0 Å². The minimum Gasteiger partial charge on any atom is -0.748 e. The van der Waals surface area contributed by atoms with Gasteiger partial charge in [-0.25, -0.2) is 8.42 Å². The van der Waals surface area contributed by atoms with E-state index in [0.717, 1.165) is 0 Å². The Hall–Kier alpha value is -0.130. The molecular formula is C7H15O4S-. The molecular weight excluding hydrogens is 180 g/mol. The lowest BCUT2D eigenvalue weighted by Gasteiger charge is -2.24. The van der Waals surface area contributed by atoms with Crippen LogP contribution in [-0.4, -0.2) is 29.4 Å². The Labute approximate surface area is 73.4 Å². The molecule has 1 N–H and O–H groups in total. The maximum absolute atomic E-state index is 10.6. The van der Waals surface area contributed by atoms with E-state index in [2.05, 4.69) is 0 Å². The molecule has 0 spiro atoms. The van der Waals surface area contributed by atoms with Crippen LogP contribution in [0.1, 0.15) is 33.1 Å². The van der Waals surface area contributed by atoms with Crippen molar-refractivity contribution >= 4 is 10.1 Å². The van der Waals surface area contributed by atoms with Crippen LogP contribution in [0.4, 0.5) is 0 Å². The van der Waals surface area contributed by atoms with Gasteiger partial charge in [-0.05, 0) is 12.8 Å². The second-order valence-electron chi connectivity index (χ2n) is 2.80. The van der Waals surface area contributed by atoms with E-state index < -0.39 is 21.5 Å². The highest BCUT2D eigenvalue weighted by molar-refractivity contribution is 7.86. The highest BCUT2D eigenvalue weighted by atomic mass is 32.2. The molecule has 5 heteroatoms. The van der Waals surface area contributed by atoms with Crippen LogP contribution >= 0.6 is 0 Å². The summed E-state index contributed by atoms with van der Waals surface area (Å²) in [5, 5.41) is 8.07. The summed E-state index contributed by atoms with van der Waals surface area (Å²) in [6.07, 6.45) is 0.100. The van der Waals surface area contributed by atoms with Crippen molar-refractivity contribution in [1.29, 1.82) is 0 Å². The summed E-state index contributed by atoms with van der Waals surface area (Å²) < 4.78 is 31.8. The quantitative estimate of drug-likeness (QED) is 0.647. The van der Waals surface area contributed by atoms with Gasteiger partial charge in [0.05, 0.1) is 11.4 Å². The number of aliphatic hydroxyl groups is 1. The largest absolute Gasteiger partial charge is 0.748 e. The van der Waals surface area contributed by atoms with Crippen LogP contribution in [0.5, 0.6) is 0 Å². The Morgan fingerprint density at radius 1 is 1.42 bits per heavy atom. The van der Waals surface area contributed by atoms with Gasteiger partial charge in [0.15, 0.2) is 0 Å². The molecule has 74 valence electrons. The summed E-state index contributed by atoms with van der Waals surface area (Å²) in [4.78, 5) is 0. The lowest BCUT2D eigenvalue weighted by Crippen LogP contribution is -2.33. The molecule has 0 bridgehead atoms. The lowest BCUT2D eigenvalue weighted by atomic mass is 10.1. The fourth-order valence-electron chi connectivity index (χ4n) is 1.08. The molecule has 0 aromatic carbocycles. The molecule has 0 aromatic rings. The SMILES string of the molecule is CCCC(C(O)CC)S(=O)(=O)[O-]. The van der Waals surface area contributed by atoms with E-state index in [1.54, 1.807) is 13.8 Å². The van der Waals surface area contributed by atoms with Gasteiger partial charge in [0.2, 0.25) is 0 Å². The summed E-state index contributed by atoms with van der Waals surface area (Å²) in [7, 11) is -4.34. The smallest absolute Gasteiger partial charge is 0.100 e. The summed E-state index contributed by atoms with van der Waals surface area (Å²) in [5.41, 5.74) is 0. The minimum absolute atomic E-state index is 0.237. The van der Waals surface area contributed by atoms with Crippen LogP contribution in [0.25, 0.3) is 0 Å². The first-order valence-electron chi connectivity index (χ1n) is 4.06. The van der Waals surface area contributed by atoms with E-state index in [-0.39, 0.29) is 6.42 Å². The van der Waals surface area contributed by atoms with Gasteiger partial charge >= 0.3 is 0 Å². The number of hydrogen-bond donors (Lipinski definition) is 1. The van der Waals surface area contributed by atoms with Gasteiger partial charge in [0, 0.05) is 0 Å². The lowest BCUT2D eigenvalue weighted by molar-refractivity contribution is 0.156. The zero-order chi connectivity index (χ0) is 9.78. The van der Waals surface area contributed by atoms with E-state index in [1.165, 1.54) is 0 Å². The fourth-order valence-corrected chi connectivity index (χ4v) is 2.18. The van der Waals surface area contributed by atoms with Gasteiger partial charge in [0.1, 0.15) is 10.1 Å². The van der Waals surface area contributed by atoms with Gasteiger partial charge in [-0.2, -0.15) is 0 Å². The molecule has 0 saturated carbocycles. The fraction of sp³-hybridized carbons (Fsp3) is 1.00. The number of aliphatic hydroxyl groups excluding tert-OH is 1. The van der Waals surface area contributed by atoms with Crippen LogP contribution in [0.2, 0.25) is 0 Å². The molecule has 4 nitrogen and oxygen atoms in total. The molecule has 12 heavy (non-hydrogen) atoms. The third-order valence-corrected chi connectivity index (χ3v) is 3.08. The topological polar surface area (TPSA) is 77.4 Å². The van der Waals surface area contributed by atoms with Gasteiger partial charge in [0.25, 0.3) is 0 Å². The molecule has 2 atom stereocenters. The molecule has 0 heterocycles. The van der Waals surface area contributed by atoms with Crippen LogP contribution in [0, 0.1) is 0 Å². The van der Waals surface area contributed by atoms with Crippen molar-refractivity contribution in [3.63, 3.8) is 0 Å². The second-order valence-corrected chi connectivity index (χ2v) is 4.39. The summed E-state index contributed by atoms with van der Waals surface area (Å²) in [6.45, 7) is 3.43. The first-order valence-corrected chi connectivity index (χ1v) is 5.53. The van der Waals surface area contributed by atoms with Crippen molar-refractivity contribution < 1.29 is 18.1 Å². The Bertz CT molecular complexity index is 209. The normalized spacial score (nSPS) is 17.3. The van der Waals surface area contributed by atoms with Crippen molar-refractivity contribution in [3.8, 4) is 0 Å². The Morgan fingerprint density at radius 2 is 1.92 bits per heavy atom. The third-order valence-electron chi connectivity index (χ3n) is 1.79. The molecule has 0 fully saturated rings. The van der Waals surface area contributed by atoms with E-state index in [9.17, 15) is 18.1 Å². The summed E-state index contributed by atoms with van der Waals surface area (Å²) in [6, 6.07) is 0. The van der Waals surface area contributed by atoms with Crippen molar-refractivity contribution in [2.24, 2.45) is 0 Å². The number of rotatable bonds is 5. The van der Waals surface area contributed by atoms with E-state index in [0.29, 0.717) is 12.8 Å². The monoisotopic (exact) mass is 195 g/mol. The first kappa shape index (κ1) is 11.9. The zero-order valence-corrected chi connectivity index (χ0v) is 8.17. The van der Waals surface area contributed by atoms with Crippen molar-refractivity contribution in [2.45, 2.75) is 44.5 Å². The van der Waals surface area contributed by atoms with Gasteiger partial charge in [-0.1, -0.05) is 20.3 Å². The molecule has 0 aliphatic heterocycles. The molecule has 0 radical (unpaired) electrons. The van der Waals surface area contributed by atoms with E-state index >= 15 is 0 Å². The average Bonchev–Trinajstić information content (AvgIpc) is 1.96. The van der Waals surface area contributed by atoms with Crippen LogP contribution in [-0.2, 0) is 10.1 Å². The highest BCUT2D eigenvalue weighted by Crippen LogP contribution is 2.13. The predicted octanol–water partition coefficient (Wildman–Crippen LogP) is 0.471. The third kappa shape index (κ3) is 3.51. The average molecular weight is 195 g/mol. The molecule has 0 aliphatic carbocycles. The Morgan fingerprint density at radius 3 is 2.17 bits per heavy atom. The van der Waals surface area contributed by atoms with Gasteiger partial charge in [-0.3, -0.25) is 0 Å². The second kappa shape index (κ2) is 4.79. The number of hydrogen-bond acceptors (Lipinski definition) is 4. The van der Waals surface area contributed by atoms with Crippen LogP contribution < -0.4 is 0 Å². The maximum Gasteiger partial charge on any atom is 0.100 e. The Kier molecular flexibility index (Phi) is 4.74. The van der Waals surface area contributed by atoms with Gasteiger partial charge < -0.3 is 9.66 Å². The predicted molar refractivity (Wildman–Crippen MR) is 44.7 cm³/mol. The summed E-state index contributed by atoms with van der Waals surface area (Å²) >= 11 is 0. The van der Waals surface area contributed by atoms with Gasteiger partial charge in [-0.15, -0.1) is 0 Å². The molecule has 0 amide bonds. The van der Waals surface area contributed by atoms with Crippen molar-refractivity contribution in [1.82, 2.24) is 0 Å². The van der Waals surface area contributed by atoms with Crippen molar-refractivity contribution in [3.05, 3.63) is 0 Å². The minimum atomic E-state index is -4.34. The van der Waals surface area contributed by atoms with E-state index in [4.69, 9.17) is 0 Å².